The van der Waals surface area contributed by atoms with E-state index in [9.17, 15) is 18.8 Å². The summed E-state index contributed by atoms with van der Waals surface area (Å²) < 4.78 is 18.4. The summed E-state index contributed by atoms with van der Waals surface area (Å²) in [4.78, 5) is 41.3. The number of primary amides is 1. The van der Waals surface area contributed by atoms with Crippen molar-refractivity contribution in [3.63, 3.8) is 0 Å². The zero-order valence-electron chi connectivity index (χ0n) is 16.8. The second kappa shape index (κ2) is 9.43. The summed E-state index contributed by atoms with van der Waals surface area (Å²) >= 11 is 0.963. The maximum Gasteiger partial charge on any atom is 0.341 e. The third-order valence-electron chi connectivity index (χ3n) is 4.44. The predicted octanol–water partition coefficient (Wildman–Crippen LogP) is 2.57. The van der Waals surface area contributed by atoms with Crippen molar-refractivity contribution in [3.8, 4) is 5.75 Å². The number of benzene rings is 2. The van der Waals surface area contributed by atoms with E-state index >= 15 is 0 Å². The molecule has 1 amide bonds. The molecule has 32 heavy (non-hydrogen) atoms. The monoisotopic (exact) mass is 458 g/mol. The van der Waals surface area contributed by atoms with Gasteiger partial charge in [0.15, 0.2) is 11.7 Å². The van der Waals surface area contributed by atoms with E-state index in [2.05, 4.69) is 4.98 Å². The van der Waals surface area contributed by atoms with Gasteiger partial charge in [0.05, 0.1) is 0 Å². The molecule has 1 heterocycles. The lowest BCUT2D eigenvalue weighted by atomic mass is 10.1. The predicted molar refractivity (Wildman–Crippen MR) is 117 cm³/mol. The van der Waals surface area contributed by atoms with Gasteiger partial charge in [-0.05, 0) is 55.5 Å². The van der Waals surface area contributed by atoms with E-state index in [4.69, 9.17) is 21.3 Å². The molecular weight excluding hydrogens is 439 g/mol. The quantitative estimate of drug-likeness (QED) is 0.414. The van der Waals surface area contributed by atoms with Crippen LogP contribution in [0.3, 0.4) is 0 Å². The molecule has 0 aliphatic carbocycles. The fraction of sp³-hybridized carbons (Fsp3) is 0.143. The molecule has 0 spiro atoms. The molecule has 1 aromatic heterocycles. The van der Waals surface area contributed by atoms with Crippen LogP contribution in [-0.4, -0.2) is 40.4 Å². The van der Waals surface area contributed by atoms with E-state index in [-0.39, 0.29) is 21.4 Å². The smallest absolute Gasteiger partial charge is 0.341 e. The Morgan fingerprint density at radius 3 is 2.34 bits per heavy atom. The van der Waals surface area contributed by atoms with Crippen molar-refractivity contribution in [2.75, 3.05) is 17.2 Å². The van der Waals surface area contributed by atoms with Crippen molar-refractivity contribution in [2.24, 2.45) is 5.73 Å². The Kier molecular flexibility index (Phi) is 6.69. The number of thiazole rings is 1. The largest absolute Gasteiger partial charge is 0.482 e. The second-order valence-electron chi connectivity index (χ2n) is 6.67. The second-order valence-corrected chi connectivity index (χ2v) is 7.65. The number of ketones is 1. The number of nitrogens with zero attached hydrogens (tertiary/aromatic N) is 2. The highest BCUT2D eigenvalue weighted by molar-refractivity contribution is 7.18. The number of nitrogen functional groups attached to an aromatic ring is 1. The summed E-state index contributed by atoms with van der Waals surface area (Å²) in [5, 5.41) is 8.90. The number of aromatic nitrogens is 1. The van der Waals surface area contributed by atoms with Crippen LogP contribution in [0.1, 0.15) is 22.2 Å². The van der Waals surface area contributed by atoms with Crippen LogP contribution in [0.15, 0.2) is 48.5 Å². The number of ether oxygens (including phenoxy) is 1. The number of rotatable bonds is 9. The SMILES string of the molecule is CC(C(N)=O)N(c1ccc(F)cc1)c1nc(N)c(C(=O)c2ccc(OCC(=O)O)cc2)s1. The molecule has 1 unspecified atom stereocenters. The maximum atomic E-state index is 13.4. The molecule has 11 heteroatoms. The minimum atomic E-state index is -1.12. The van der Waals surface area contributed by atoms with Gasteiger partial charge in [0.25, 0.3) is 0 Å². The average Bonchev–Trinajstić information content (AvgIpc) is 3.14. The number of anilines is 3. The first kappa shape index (κ1) is 22.7. The van der Waals surface area contributed by atoms with E-state index in [1.807, 2.05) is 0 Å². The Bertz CT molecular complexity index is 1150. The van der Waals surface area contributed by atoms with Crippen molar-refractivity contribution in [1.82, 2.24) is 4.98 Å². The van der Waals surface area contributed by atoms with Crippen LogP contribution in [0.25, 0.3) is 0 Å². The topological polar surface area (TPSA) is 149 Å². The van der Waals surface area contributed by atoms with Crippen LogP contribution in [-0.2, 0) is 9.59 Å². The zero-order valence-corrected chi connectivity index (χ0v) is 17.6. The van der Waals surface area contributed by atoms with E-state index in [1.54, 1.807) is 6.92 Å². The number of aliphatic carboxylic acids is 1. The third-order valence-corrected chi connectivity index (χ3v) is 5.51. The minimum absolute atomic E-state index is 0.0371. The first-order chi connectivity index (χ1) is 15.2. The van der Waals surface area contributed by atoms with Crippen LogP contribution < -0.4 is 21.1 Å². The van der Waals surface area contributed by atoms with Crippen molar-refractivity contribution in [3.05, 3.63) is 64.8 Å². The first-order valence-electron chi connectivity index (χ1n) is 9.27. The maximum absolute atomic E-state index is 13.4. The molecule has 166 valence electrons. The molecule has 2 aromatic carbocycles. The van der Waals surface area contributed by atoms with E-state index < -0.39 is 36.1 Å². The number of hydrogen-bond acceptors (Lipinski definition) is 8. The fourth-order valence-electron chi connectivity index (χ4n) is 2.79. The molecule has 9 nitrogen and oxygen atoms in total. The summed E-state index contributed by atoms with van der Waals surface area (Å²) in [7, 11) is 0. The van der Waals surface area contributed by atoms with Gasteiger partial charge in [-0.1, -0.05) is 11.3 Å². The molecule has 0 aliphatic heterocycles. The molecule has 0 saturated heterocycles. The first-order valence-corrected chi connectivity index (χ1v) is 10.1. The Hall–Kier alpha value is -3.99. The molecule has 1 atom stereocenters. The van der Waals surface area contributed by atoms with Crippen LogP contribution in [0.5, 0.6) is 5.75 Å². The summed E-state index contributed by atoms with van der Waals surface area (Å²) in [6.07, 6.45) is 0. The average molecular weight is 458 g/mol. The van der Waals surface area contributed by atoms with E-state index in [1.165, 1.54) is 53.4 Å². The number of nitrogens with two attached hydrogens (primary N) is 2. The lowest BCUT2D eigenvalue weighted by Crippen LogP contribution is -2.39. The number of carbonyl (C=O) groups is 3. The van der Waals surface area contributed by atoms with Gasteiger partial charge in [-0.2, -0.15) is 0 Å². The highest BCUT2D eigenvalue weighted by Crippen LogP contribution is 2.36. The summed E-state index contributed by atoms with van der Waals surface area (Å²) in [6, 6.07) is 10.4. The Morgan fingerprint density at radius 2 is 1.78 bits per heavy atom. The van der Waals surface area contributed by atoms with Crippen molar-refractivity contribution in [2.45, 2.75) is 13.0 Å². The van der Waals surface area contributed by atoms with Crippen LogP contribution >= 0.6 is 11.3 Å². The Morgan fingerprint density at radius 1 is 1.16 bits per heavy atom. The molecular formula is C21H19FN4O5S. The van der Waals surface area contributed by atoms with Crippen LogP contribution in [0.4, 0.5) is 21.0 Å². The highest BCUT2D eigenvalue weighted by Gasteiger charge is 2.27. The summed E-state index contributed by atoms with van der Waals surface area (Å²) in [6.45, 7) is 1.05. The van der Waals surface area contributed by atoms with Gasteiger partial charge in [0, 0.05) is 11.3 Å². The normalized spacial score (nSPS) is 11.6. The van der Waals surface area contributed by atoms with E-state index in [0.717, 1.165) is 11.3 Å². The molecule has 5 N–H and O–H groups in total. The standard InChI is InChI=1S/C21H19FN4O5S/c1-11(20(24)30)26(14-6-4-13(22)5-7-14)21-25-19(23)18(32-21)17(29)12-2-8-15(9-3-12)31-10-16(27)28/h2-9,11H,10,23H2,1H3,(H2,24,30)(H,27,28). The van der Waals surface area contributed by atoms with Gasteiger partial charge < -0.3 is 26.2 Å². The Labute approximate surface area is 186 Å². The lowest BCUT2D eigenvalue weighted by molar-refractivity contribution is -0.139. The minimum Gasteiger partial charge on any atom is -0.482 e. The number of carboxylic acids is 1. The van der Waals surface area contributed by atoms with Crippen LogP contribution in [0.2, 0.25) is 0 Å². The number of hydrogen-bond donors (Lipinski definition) is 3. The van der Waals surface area contributed by atoms with Crippen molar-refractivity contribution >= 4 is 45.6 Å². The van der Waals surface area contributed by atoms with Crippen molar-refractivity contribution in [1.29, 1.82) is 0 Å². The zero-order chi connectivity index (χ0) is 23.4. The fourth-order valence-corrected chi connectivity index (χ4v) is 3.84. The molecule has 0 bridgehead atoms. The summed E-state index contributed by atoms with van der Waals surface area (Å²) in [5.41, 5.74) is 12.2. The molecule has 0 aliphatic rings. The molecule has 0 saturated carbocycles. The molecule has 3 rings (SSSR count). The molecule has 0 radical (unpaired) electrons. The lowest BCUT2D eigenvalue weighted by Gasteiger charge is -2.26. The number of carboxylic acid groups (broad SMARTS) is 1. The highest BCUT2D eigenvalue weighted by atomic mass is 32.1. The number of carbonyl (C=O) groups excluding carboxylic acids is 2. The van der Waals surface area contributed by atoms with Gasteiger partial charge in [-0.3, -0.25) is 9.59 Å². The molecule has 3 aromatic rings. The van der Waals surface area contributed by atoms with Crippen molar-refractivity contribution < 1.29 is 28.6 Å². The number of halogens is 1. The van der Waals surface area contributed by atoms with Gasteiger partial charge in [0.2, 0.25) is 11.7 Å². The Balaban J connectivity index is 1.91. The van der Waals surface area contributed by atoms with E-state index in [0.29, 0.717) is 11.4 Å². The van der Waals surface area contributed by atoms with Gasteiger partial charge >= 0.3 is 5.97 Å². The summed E-state index contributed by atoms with van der Waals surface area (Å²) in [5.74, 6) is -2.38. The number of amides is 1. The van der Waals surface area contributed by atoms with Gasteiger partial charge in [-0.15, -0.1) is 0 Å². The van der Waals surface area contributed by atoms with Gasteiger partial charge in [-0.25, -0.2) is 14.2 Å². The van der Waals surface area contributed by atoms with Crippen LogP contribution in [0, 0.1) is 5.82 Å². The van der Waals surface area contributed by atoms with Gasteiger partial charge in [0.1, 0.15) is 28.3 Å². The third kappa shape index (κ3) is 5.01. The molecule has 0 fully saturated rings.